The number of rotatable bonds is 24. The summed E-state index contributed by atoms with van der Waals surface area (Å²) in [7, 11) is 5.08. The Hall–Kier alpha value is 0.860. The normalized spacial score (nSPS) is 22.7. The Kier molecular flexibility index (Phi) is 20.1. The van der Waals surface area contributed by atoms with Gasteiger partial charge in [0, 0.05) is 5.57 Å². The summed E-state index contributed by atoms with van der Waals surface area (Å²) in [4.78, 5) is 0. The Morgan fingerprint density at radius 1 is 0.632 bits per heavy atom. The highest BCUT2D eigenvalue weighted by molar-refractivity contribution is 14.1. The van der Waals surface area contributed by atoms with Gasteiger partial charge >= 0.3 is 0 Å². The van der Waals surface area contributed by atoms with Crippen molar-refractivity contribution in [3.63, 3.8) is 0 Å². The number of nitrogens with zero attached hydrogens (tertiary/aromatic N) is 2. The van der Waals surface area contributed by atoms with Gasteiger partial charge in [-0.2, -0.15) is 0 Å². The molecule has 1 rings (SSSR count). The zero-order valence-electron chi connectivity index (χ0n) is 26.5. The molecule has 0 bridgehead atoms. The molecule has 224 valence electrons. The van der Waals surface area contributed by atoms with Gasteiger partial charge < -0.3 is 8.97 Å². The summed E-state index contributed by atoms with van der Waals surface area (Å²) >= 11 is 5.59. The van der Waals surface area contributed by atoms with Gasteiger partial charge in [-0.25, -0.2) is 0 Å². The first-order valence-corrected chi connectivity index (χ1v) is 18.9. The van der Waals surface area contributed by atoms with Crippen molar-refractivity contribution in [1.82, 2.24) is 0 Å². The van der Waals surface area contributed by atoms with Gasteiger partial charge in [-0.15, -0.1) is 0 Å². The van der Waals surface area contributed by atoms with Crippen molar-refractivity contribution in [2.45, 2.75) is 138 Å². The third kappa shape index (κ3) is 15.2. The van der Waals surface area contributed by atoms with Gasteiger partial charge in [0.2, 0.25) is 0 Å². The Morgan fingerprint density at radius 3 is 1.55 bits per heavy atom. The average Bonchev–Trinajstić information content (AvgIpc) is 2.88. The van der Waals surface area contributed by atoms with Gasteiger partial charge in [-0.05, 0) is 38.5 Å². The van der Waals surface area contributed by atoms with Crippen LogP contribution in [0.4, 0.5) is 0 Å². The molecular weight excluding hydrogens is 690 g/mol. The number of unbranched alkanes of at least 4 members (excludes halogenated alkanes) is 12. The molecule has 4 atom stereocenters. The lowest BCUT2D eigenvalue weighted by Gasteiger charge is -2.43. The first-order valence-electron chi connectivity index (χ1n) is 16.6. The predicted octanol–water partition coefficient (Wildman–Crippen LogP) is 10.7. The number of likely N-dealkylation sites (N-methyl/N-ethyl adjacent to an activating group) is 1. The fourth-order valence-corrected chi connectivity index (χ4v) is 8.21. The van der Waals surface area contributed by atoms with E-state index in [4.69, 9.17) is 0 Å². The summed E-state index contributed by atoms with van der Waals surface area (Å²) in [6.07, 6.45) is 29.9. The summed E-state index contributed by atoms with van der Waals surface area (Å²) in [5.41, 5.74) is 1.58. The Bertz CT molecular complexity index is 663. The smallest absolute Gasteiger partial charge is 0.104 e. The summed E-state index contributed by atoms with van der Waals surface area (Å²) in [6.45, 7) is 17.1. The van der Waals surface area contributed by atoms with E-state index in [1.807, 2.05) is 0 Å². The first kappa shape index (κ1) is 36.9. The fourth-order valence-electron chi connectivity index (χ4n) is 6.16. The van der Waals surface area contributed by atoms with Crippen LogP contribution in [-0.4, -0.2) is 69.7 Å². The highest BCUT2D eigenvalue weighted by Gasteiger charge is 2.41. The molecule has 0 saturated heterocycles. The van der Waals surface area contributed by atoms with Crippen molar-refractivity contribution in [2.75, 3.05) is 53.4 Å². The maximum absolute atomic E-state index is 2.82. The lowest BCUT2D eigenvalue weighted by molar-refractivity contribution is -0.910. The van der Waals surface area contributed by atoms with Crippen LogP contribution in [0.15, 0.2) is 23.8 Å². The van der Waals surface area contributed by atoms with Gasteiger partial charge in [0.1, 0.15) is 9.97 Å². The molecule has 38 heavy (non-hydrogen) atoms. The molecular formula is C34H66I2N2+2. The van der Waals surface area contributed by atoms with E-state index in [0.717, 1.165) is 0 Å². The molecule has 0 aliphatic heterocycles. The molecule has 0 spiro atoms. The maximum Gasteiger partial charge on any atom is 0.104 e. The third-order valence-corrected chi connectivity index (χ3v) is 12.8. The summed E-state index contributed by atoms with van der Waals surface area (Å²) in [5.74, 6) is 0. The van der Waals surface area contributed by atoms with Crippen LogP contribution >= 0.6 is 45.2 Å². The van der Waals surface area contributed by atoms with Crippen LogP contribution in [0.1, 0.15) is 130 Å². The van der Waals surface area contributed by atoms with Crippen molar-refractivity contribution in [1.29, 1.82) is 0 Å². The molecule has 0 saturated carbocycles. The standard InChI is InChI=1S/C34H66I2N2/c1-7-11-15-17-19-21-27-37(5,25-13-9-3)30-32-23-24-34(36,33(35)29-32)31-38(6,26-14-10-4)28-22-20-18-16-12-8-2/h23-24,29,33H,7-22,25-28,30-31H2,1-6H3/q+2. The first-order chi connectivity index (χ1) is 18.2. The molecule has 0 aromatic carbocycles. The minimum atomic E-state index is 0.221. The van der Waals surface area contributed by atoms with E-state index in [2.05, 4.69) is 105 Å². The molecule has 1 aliphatic carbocycles. The van der Waals surface area contributed by atoms with Gasteiger partial charge in [-0.3, -0.25) is 0 Å². The lowest BCUT2D eigenvalue weighted by atomic mass is 9.94. The number of halogens is 2. The second-order valence-corrected chi connectivity index (χ2v) is 16.4. The number of allylic oxidation sites excluding steroid dienone is 1. The molecule has 0 aromatic heterocycles. The van der Waals surface area contributed by atoms with Crippen molar-refractivity contribution in [3.8, 4) is 0 Å². The van der Waals surface area contributed by atoms with Gasteiger partial charge in [0.05, 0.1) is 50.7 Å². The second-order valence-electron chi connectivity index (χ2n) is 13.1. The number of quaternary nitrogens is 2. The molecule has 0 radical (unpaired) electrons. The second kappa shape index (κ2) is 20.7. The predicted molar refractivity (Wildman–Crippen MR) is 190 cm³/mol. The van der Waals surface area contributed by atoms with Gasteiger partial charge in [-0.1, -0.05) is 155 Å². The van der Waals surface area contributed by atoms with Crippen molar-refractivity contribution in [2.24, 2.45) is 0 Å². The van der Waals surface area contributed by atoms with Crippen LogP contribution in [0.2, 0.25) is 0 Å². The number of alkyl halides is 2. The average molecular weight is 757 g/mol. The Morgan fingerprint density at radius 2 is 1.05 bits per heavy atom. The molecule has 0 heterocycles. The molecule has 0 N–H and O–H groups in total. The lowest BCUT2D eigenvalue weighted by Crippen LogP contribution is -2.55. The highest BCUT2D eigenvalue weighted by Crippen LogP contribution is 2.39. The van der Waals surface area contributed by atoms with Gasteiger partial charge in [0.15, 0.2) is 0 Å². The molecule has 0 amide bonds. The topological polar surface area (TPSA) is 0 Å². The van der Waals surface area contributed by atoms with Crippen LogP contribution < -0.4 is 0 Å². The Balaban J connectivity index is 2.79. The minimum absolute atomic E-state index is 0.221. The number of hydrogen-bond donors (Lipinski definition) is 0. The number of hydrogen-bond acceptors (Lipinski definition) is 0. The molecule has 2 nitrogen and oxygen atoms in total. The van der Waals surface area contributed by atoms with Crippen LogP contribution in [0.3, 0.4) is 0 Å². The minimum Gasteiger partial charge on any atom is -0.325 e. The summed E-state index contributed by atoms with van der Waals surface area (Å²) in [6, 6.07) is 0. The molecule has 0 aromatic rings. The quantitative estimate of drug-likeness (QED) is 0.0398. The maximum atomic E-state index is 2.82. The van der Waals surface area contributed by atoms with E-state index in [0.29, 0.717) is 3.92 Å². The van der Waals surface area contributed by atoms with Crippen LogP contribution in [0.25, 0.3) is 0 Å². The van der Waals surface area contributed by atoms with E-state index in [1.165, 1.54) is 151 Å². The van der Waals surface area contributed by atoms with E-state index in [9.17, 15) is 0 Å². The molecule has 4 unspecified atom stereocenters. The zero-order chi connectivity index (χ0) is 28.3. The highest BCUT2D eigenvalue weighted by atomic mass is 127. The van der Waals surface area contributed by atoms with Crippen LogP contribution in [0.5, 0.6) is 0 Å². The van der Waals surface area contributed by atoms with Gasteiger partial charge in [0.25, 0.3) is 0 Å². The van der Waals surface area contributed by atoms with E-state index < -0.39 is 0 Å². The monoisotopic (exact) mass is 756 g/mol. The van der Waals surface area contributed by atoms with Crippen molar-refractivity contribution >= 4 is 45.2 Å². The van der Waals surface area contributed by atoms with E-state index in [1.54, 1.807) is 5.57 Å². The Labute approximate surface area is 267 Å². The summed E-state index contributed by atoms with van der Waals surface area (Å²) < 4.78 is 3.24. The van der Waals surface area contributed by atoms with Crippen molar-refractivity contribution < 1.29 is 8.97 Å². The fraction of sp³-hybridized carbons (Fsp3) is 0.882. The van der Waals surface area contributed by atoms with E-state index in [-0.39, 0.29) is 3.42 Å². The largest absolute Gasteiger partial charge is 0.325 e. The van der Waals surface area contributed by atoms with Crippen LogP contribution in [-0.2, 0) is 0 Å². The molecule has 1 aliphatic rings. The van der Waals surface area contributed by atoms with E-state index >= 15 is 0 Å². The molecule has 0 fully saturated rings. The third-order valence-electron chi connectivity index (χ3n) is 8.79. The van der Waals surface area contributed by atoms with Crippen LogP contribution in [0, 0.1) is 0 Å². The zero-order valence-corrected chi connectivity index (χ0v) is 30.8. The summed E-state index contributed by atoms with van der Waals surface area (Å²) in [5, 5.41) is 0. The van der Waals surface area contributed by atoms with Crippen molar-refractivity contribution in [3.05, 3.63) is 23.8 Å². The SMILES string of the molecule is CCCCCCCC[N+](C)(CCCC)CC1=CC(I)C(I)(C[N+](C)(CCCC)CCCCCCCC)C=C1. The molecule has 4 heteroatoms.